The van der Waals surface area contributed by atoms with Crippen molar-refractivity contribution in [2.45, 2.75) is 19.4 Å². The summed E-state index contributed by atoms with van der Waals surface area (Å²) in [6, 6.07) is 16.1. The second kappa shape index (κ2) is 7.04. The smallest absolute Gasteiger partial charge is 0.134 e. The molecule has 1 fully saturated rings. The van der Waals surface area contributed by atoms with Crippen LogP contribution in [0.25, 0.3) is 0 Å². The van der Waals surface area contributed by atoms with Crippen molar-refractivity contribution in [3.05, 3.63) is 69.7 Å². The topological polar surface area (TPSA) is 20.3 Å². The first-order valence-electron chi connectivity index (χ1n) is 7.76. The molecule has 0 spiro atoms. The molecular formula is C19H19Cl2NO. The Morgan fingerprint density at radius 1 is 1.09 bits per heavy atom. The standard InChI is InChI=1S/C19H19Cl2NO/c1-13(23)16-11-22(10-14-5-3-2-4-6-14)12-17(16)15-7-8-18(20)19(21)9-15/h2-9,16-17H,10-12H2,1H3/t16-,17+/m0/s1. The summed E-state index contributed by atoms with van der Waals surface area (Å²) in [7, 11) is 0. The van der Waals surface area contributed by atoms with Crippen LogP contribution >= 0.6 is 23.2 Å². The van der Waals surface area contributed by atoms with E-state index in [2.05, 4.69) is 17.0 Å². The molecule has 2 atom stereocenters. The summed E-state index contributed by atoms with van der Waals surface area (Å²) in [6.45, 7) is 4.19. The van der Waals surface area contributed by atoms with Crippen LogP contribution in [0.4, 0.5) is 0 Å². The number of rotatable bonds is 4. The maximum absolute atomic E-state index is 12.1. The number of Topliss-reactive ketones (excluding diaryl/α,β-unsaturated/α-hetero) is 1. The summed E-state index contributed by atoms with van der Waals surface area (Å²) >= 11 is 12.2. The molecule has 1 aliphatic rings. The lowest BCUT2D eigenvalue weighted by molar-refractivity contribution is -0.120. The highest BCUT2D eigenvalue weighted by atomic mass is 35.5. The van der Waals surface area contributed by atoms with Gasteiger partial charge in [0.25, 0.3) is 0 Å². The van der Waals surface area contributed by atoms with Gasteiger partial charge in [0, 0.05) is 31.5 Å². The molecule has 0 aliphatic carbocycles. The van der Waals surface area contributed by atoms with Crippen molar-refractivity contribution in [1.29, 1.82) is 0 Å². The second-order valence-corrected chi connectivity index (χ2v) is 6.99. The Balaban J connectivity index is 1.81. The van der Waals surface area contributed by atoms with Crippen LogP contribution < -0.4 is 0 Å². The van der Waals surface area contributed by atoms with Crippen LogP contribution in [0, 0.1) is 5.92 Å². The third-order valence-corrected chi connectivity index (χ3v) is 5.28. The van der Waals surface area contributed by atoms with Crippen LogP contribution in [0.2, 0.25) is 10.0 Å². The van der Waals surface area contributed by atoms with Crippen molar-refractivity contribution >= 4 is 29.0 Å². The van der Waals surface area contributed by atoms with Crippen molar-refractivity contribution in [1.82, 2.24) is 4.90 Å². The normalized spacial score (nSPS) is 21.5. The van der Waals surface area contributed by atoms with Gasteiger partial charge in [-0.2, -0.15) is 0 Å². The summed E-state index contributed by atoms with van der Waals surface area (Å²) in [5.41, 5.74) is 2.36. The molecule has 1 saturated heterocycles. The fraction of sp³-hybridized carbons (Fsp3) is 0.316. The van der Waals surface area contributed by atoms with Crippen LogP contribution in [0.15, 0.2) is 48.5 Å². The molecule has 2 aromatic carbocycles. The molecule has 3 rings (SSSR count). The number of hydrogen-bond acceptors (Lipinski definition) is 2. The Kier molecular flexibility index (Phi) is 5.05. The first-order chi connectivity index (χ1) is 11.0. The third kappa shape index (κ3) is 3.77. The van der Waals surface area contributed by atoms with Gasteiger partial charge in [0.05, 0.1) is 10.0 Å². The molecule has 1 aliphatic heterocycles. The maximum atomic E-state index is 12.1. The summed E-state index contributed by atoms with van der Waals surface area (Å²) < 4.78 is 0. The number of benzene rings is 2. The van der Waals surface area contributed by atoms with Gasteiger partial charge in [0.15, 0.2) is 0 Å². The van der Waals surface area contributed by atoms with E-state index in [1.807, 2.05) is 36.4 Å². The van der Waals surface area contributed by atoms with Crippen LogP contribution in [0.3, 0.4) is 0 Å². The number of carbonyl (C=O) groups excluding carboxylic acids is 1. The van der Waals surface area contributed by atoms with Crippen molar-refractivity contribution in [3.63, 3.8) is 0 Å². The third-order valence-electron chi connectivity index (χ3n) is 4.54. The molecule has 1 heterocycles. The van der Waals surface area contributed by atoms with Gasteiger partial charge in [-0.1, -0.05) is 59.6 Å². The van der Waals surface area contributed by atoms with E-state index in [0.717, 1.165) is 25.2 Å². The quantitative estimate of drug-likeness (QED) is 0.791. The highest BCUT2D eigenvalue weighted by molar-refractivity contribution is 6.42. The van der Waals surface area contributed by atoms with Crippen molar-refractivity contribution in [3.8, 4) is 0 Å². The summed E-state index contributed by atoms with van der Waals surface area (Å²) in [5, 5.41) is 1.10. The predicted octanol–water partition coefficient (Wildman–Crippen LogP) is 4.80. The highest BCUT2D eigenvalue weighted by Gasteiger charge is 2.36. The first kappa shape index (κ1) is 16.5. The van der Waals surface area contributed by atoms with Crippen LogP contribution in [-0.4, -0.2) is 23.8 Å². The minimum absolute atomic E-state index is 0.0101. The van der Waals surface area contributed by atoms with Gasteiger partial charge >= 0.3 is 0 Å². The number of hydrogen-bond donors (Lipinski definition) is 0. The van der Waals surface area contributed by atoms with E-state index in [9.17, 15) is 4.79 Å². The van der Waals surface area contributed by atoms with Crippen LogP contribution in [0.1, 0.15) is 24.0 Å². The molecule has 0 N–H and O–H groups in total. The molecule has 120 valence electrons. The van der Waals surface area contributed by atoms with Gasteiger partial charge in [-0.3, -0.25) is 9.69 Å². The fourth-order valence-corrected chi connectivity index (χ4v) is 3.66. The lowest BCUT2D eigenvalue weighted by atomic mass is 9.87. The number of halogens is 2. The van der Waals surface area contributed by atoms with Gasteiger partial charge in [-0.05, 0) is 30.2 Å². The van der Waals surface area contributed by atoms with E-state index in [0.29, 0.717) is 10.0 Å². The maximum Gasteiger partial charge on any atom is 0.134 e. The largest absolute Gasteiger partial charge is 0.300 e. The molecule has 0 radical (unpaired) electrons. The van der Waals surface area contributed by atoms with Gasteiger partial charge in [0.2, 0.25) is 0 Å². The Labute approximate surface area is 147 Å². The number of nitrogens with zero attached hydrogens (tertiary/aromatic N) is 1. The van der Waals surface area contributed by atoms with Crippen molar-refractivity contribution < 1.29 is 4.79 Å². The average molecular weight is 348 g/mol. The molecule has 0 bridgehead atoms. The van der Waals surface area contributed by atoms with Gasteiger partial charge in [0.1, 0.15) is 5.78 Å². The minimum Gasteiger partial charge on any atom is -0.300 e. The molecule has 0 aromatic heterocycles. The first-order valence-corrected chi connectivity index (χ1v) is 8.52. The van der Waals surface area contributed by atoms with Crippen molar-refractivity contribution in [2.24, 2.45) is 5.92 Å². The van der Waals surface area contributed by atoms with Gasteiger partial charge in [-0.15, -0.1) is 0 Å². The van der Waals surface area contributed by atoms with E-state index >= 15 is 0 Å². The van der Waals surface area contributed by atoms with Gasteiger partial charge < -0.3 is 0 Å². The summed E-state index contributed by atoms with van der Waals surface area (Å²) in [5.74, 6) is 0.415. The molecule has 0 unspecified atom stereocenters. The summed E-state index contributed by atoms with van der Waals surface area (Å²) in [4.78, 5) is 14.4. The molecule has 2 nitrogen and oxygen atoms in total. The Morgan fingerprint density at radius 3 is 2.48 bits per heavy atom. The molecule has 0 saturated carbocycles. The van der Waals surface area contributed by atoms with Gasteiger partial charge in [-0.25, -0.2) is 0 Å². The average Bonchev–Trinajstić information content (AvgIpc) is 2.95. The Hall–Kier alpha value is -1.35. The fourth-order valence-electron chi connectivity index (χ4n) is 3.35. The van der Waals surface area contributed by atoms with Crippen LogP contribution in [-0.2, 0) is 11.3 Å². The lowest BCUT2D eigenvalue weighted by Gasteiger charge is -2.17. The predicted molar refractivity (Wildman–Crippen MR) is 95.1 cm³/mol. The Bertz CT molecular complexity index is 702. The molecular weight excluding hydrogens is 329 g/mol. The number of carbonyl (C=O) groups is 1. The van der Waals surface area contributed by atoms with E-state index in [-0.39, 0.29) is 17.6 Å². The molecule has 2 aromatic rings. The van der Waals surface area contributed by atoms with E-state index in [4.69, 9.17) is 23.2 Å². The SMILES string of the molecule is CC(=O)[C@@H]1CN(Cc2ccccc2)C[C@@H]1c1ccc(Cl)c(Cl)c1. The lowest BCUT2D eigenvalue weighted by Crippen LogP contribution is -2.22. The van der Waals surface area contributed by atoms with Crippen LogP contribution in [0.5, 0.6) is 0 Å². The number of ketones is 1. The molecule has 23 heavy (non-hydrogen) atoms. The summed E-state index contributed by atoms with van der Waals surface area (Å²) in [6.07, 6.45) is 0. The van der Waals surface area contributed by atoms with Crippen molar-refractivity contribution in [2.75, 3.05) is 13.1 Å². The Morgan fingerprint density at radius 2 is 1.83 bits per heavy atom. The zero-order valence-electron chi connectivity index (χ0n) is 13.0. The number of likely N-dealkylation sites (tertiary alicyclic amines) is 1. The van der Waals surface area contributed by atoms with E-state index in [1.165, 1.54) is 5.56 Å². The van der Waals surface area contributed by atoms with E-state index in [1.54, 1.807) is 6.92 Å². The highest BCUT2D eigenvalue weighted by Crippen LogP contribution is 2.36. The minimum atomic E-state index is 0.0101. The molecule has 4 heteroatoms. The van der Waals surface area contributed by atoms with E-state index < -0.39 is 0 Å². The zero-order valence-corrected chi connectivity index (χ0v) is 14.5. The zero-order chi connectivity index (χ0) is 16.4. The monoisotopic (exact) mass is 347 g/mol. The molecule has 0 amide bonds. The second-order valence-electron chi connectivity index (χ2n) is 6.18.